The van der Waals surface area contributed by atoms with Crippen LogP contribution in [0.2, 0.25) is 0 Å². The Hall–Kier alpha value is -1.38. The Morgan fingerprint density at radius 1 is 1.36 bits per heavy atom. The lowest BCUT2D eigenvalue weighted by molar-refractivity contribution is -0.517. The number of rotatable bonds is 3. The van der Waals surface area contributed by atoms with Gasteiger partial charge in [-0.1, -0.05) is 18.2 Å². The van der Waals surface area contributed by atoms with Crippen molar-refractivity contribution in [3.05, 3.63) is 45.0 Å². The number of benzene rings is 1. The van der Waals surface area contributed by atoms with Gasteiger partial charge in [0.05, 0.1) is 0 Å². The maximum Gasteiger partial charge on any atom is 0.214 e. The lowest BCUT2D eigenvalue weighted by atomic mass is 9.97. The maximum absolute atomic E-state index is 10.5. The fraction of sp³-hybridized carbons (Fsp3) is 0.455. The zero-order valence-electron chi connectivity index (χ0n) is 8.78. The van der Waals surface area contributed by atoms with Crippen LogP contribution in [0, 0.1) is 24.0 Å². The Morgan fingerprint density at radius 3 is 2.29 bits per heavy atom. The maximum atomic E-state index is 10.5. The van der Waals surface area contributed by atoms with E-state index in [-0.39, 0.29) is 4.92 Å². The minimum atomic E-state index is -0.505. The molecule has 14 heavy (non-hydrogen) atoms. The molecule has 0 aromatic heterocycles. The monoisotopic (exact) mass is 193 g/mol. The van der Waals surface area contributed by atoms with Crippen molar-refractivity contribution in [3.8, 4) is 0 Å². The van der Waals surface area contributed by atoms with E-state index in [4.69, 9.17) is 0 Å². The zero-order chi connectivity index (χ0) is 10.7. The molecule has 0 bridgehead atoms. The van der Waals surface area contributed by atoms with Crippen LogP contribution < -0.4 is 0 Å². The van der Waals surface area contributed by atoms with E-state index in [2.05, 4.69) is 0 Å². The van der Waals surface area contributed by atoms with Gasteiger partial charge >= 0.3 is 0 Å². The van der Waals surface area contributed by atoms with Gasteiger partial charge in [0, 0.05) is 18.3 Å². The number of aryl methyl sites for hydroxylation is 2. The molecule has 1 unspecified atom stereocenters. The van der Waals surface area contributed by atoms with Crippen LogP contribution in [-0.2, 0) is 6.42 Å². The van der Waals surface area contributed by atoms with Crippen LogP contribution in [0.1, 0.15) is 23.6 Å². The standard InChI is InChI=1S/C11H15NO2/c1-8-5-4-6-9(2)11(8)7-10(3)12(13)14/h4-6,10H,7H2,1-3H3. The first-order valence-electron chi connectivity index (χ1n) is 4.71. The Balaban J connectivity index is 2.91. The minimum absolute atomic E-state index is 0.230. The fourth-order valence-corrected chi connectivity index (χ4v) is 1.54. The van der Waals surface area contributed by atoms with Gasteiger partial charge in [0.25, 0.3) is 0 Å². The quantitative estimate of drug-likeness (QED) is 0.546. The summed E-state index contributed by atoms with van der Waals surface area (Å²) in [6, 6.07) is 5.46. The Kier molecular flexibility index (Phi) is 3.23. The van der Waals surface area contributed by atoms with Crippen molar-refractivity contribution in [2.24, 2.45) is 0 Å². The summed E-state index contributed by atoms with van der Waals surface area (Å²) >= 11 is 0. The van der Waals surface area contributed by atoms with Crippen LogP contribution in [0.3, 0.4) is 0 Å². The number of nitrogens with zero attached hydrogens (tertiary/aromatic N) is 1. The van der Waals surface area contributed by atoms with Crippen molar-refractivity contribution in [3.63, 3.8) is 0 Å². The highest BCUT2D eigenvalue weighted by atomic mass is 16.6. The van der Waals surface area contributed by atoms with Gasteiger partial charge in [-0.15, -0.1) is 0 Å². The van der Waals surface area contributed by atoms with Crippen LogP contribution in [0.15, 0.2) is 18.2 Å². The van der Waals surface area contributed by atoms with Gasteiger partial charge in [-0.2, -0.15) is 0 Å². The van der Waals surface area contributed by atoms with Gasteiger partial charge in [0.2, 0.25) is 6.04 Å². The molecule has 76 valence electrons. The molecule has 0 fully saturated rings. The first-order chi connectivity index (χ1) is 6.52. The van der Waals surface area contributed by atoms with E-state index in [0.717, 1.165) is 16.7 Å². The Bertz CT molecular complexity index is 327. The van der Waals surface area contributed by atoms with Crippen LogP contribution in [-0.4, -0.2) is 11.0 Å². The summed E-state index contributed by atoms with van der Waals surface area (Å²) in [7, 11) is 0. The molecule has 1 aromatic rings. The molecule has 0 saturated heterocycles. The Labute approximate surface area is 83.9 Å². The molecule has 0 saturated carbocycles. The van der Waals surface area contributed by atoms with Crippen molar-refractivity contribution in [1.82, 2.24) is 0 Å². The topological polar surface area (TPSA) is 43.1 Å². The second-order valence-corrected chi connectivity index (χ2v) is 3.71. The average Bonchev–Trinajstić information content (AvgIpc) is 2.11. The molecule has 0 heterocycles. The zero-order valence-corrected chi connectivity index (χ0v) is 8.78. The molecule has 1 aromatic carbocycles. The van der Waals surface area contributed by atoms with Gasteiger partial charge in [0.1, 0.15) is 0 Å². The molecular formula is C11H15NO2. The molecule has 0 aliphatic heterocycles. The molecule has 0 aliphatic carbocycles. The predicted molar refractivity (Wildman–Crippen MR) is 56.1 cm³/mol. The number of nitro groups is 1. The largest absolute Gasteiger partial charge is 0.264 e. The van der Waals surface area contributed by atoms with Crippen molar-refractivity contribution < 1.29 is 4.92 Å². The molecule has 3 nitrogen and oxygen atoms in total. The molecule has 0 N–H and O–H groups in total. The third kappa shape index (κ3) is 2.31. The SMILES string of the molecule is Cc1cccc(C)c1CC(C)[N+](=O)[O-]. The molecule has 0 spiro atoms. The number of hydrogen-bond donors (Lipinski definition) is 0. The molecular weight excluding hydrogens is 178 g/mol. The van der Waals surface area contributed by atoms with E-state index < -0.39 is 6.04 Å². The highest BCUT2D eigenvalue weighted by Crippen LogP contribution is 2.15. The smallest absolute Gasteiger partial charge is 0.214 e. The average molecular weight is 193 g/mol. The predicted octanol–water partition coefficient (Wildman–Crippen LogP) is 2.51. The third-order valence-corrected chi connectivity index (χ3v) is 2.50. The van der Waals surface area contributed by atoms with E-state index in [0.29, 0.717) is 6.42 Å². The summed E-state index contributed by atoms with van der Waals surface area (Å²) in [4.78, 5) is 10.3. The lowest BCUT2D eigenvalue weighted by Crippen LogP contribution is -2.18. The van der Waals surface area contributed by atoms with Crippen LogP contribution in [0.4, 0.5) is 0 Å². The van der Waals surface area contributed by atoms with Gasteiger partial charge in [-0.25, -0.2) is 0 Å². The highest BCUT2D eigenvalue weighted by molar-refractivity contribution is 5.33. The van der Waals surface area contributed by atoms with E-state index in [1.165, 1.54) is 0 Å². The van der Waals surface area contributed by atoms with Gasteiger partial charge in [-0.3, -0.25) is 10.1 Å². The molecule has 1 rings (SSSR count). The van der Waals surface area contributed by atoms with Crippen molar-refractivity contribution >= 4 is 0 Å². The second kappa shape index (κ2) is 4.22. The van der Waals surface area contributed by atoms with Gasteiger partial charge in [-0.05, 0) is 30.5 Å². The highest BCUT2D eigenvalue weighted by Gasteiger charge is 2.15. The summed E-state index contributed by atoms with van der Waals surface area (Å²) in [5, 5.41) is 10.5. The summed E-state index contributed by atoms with van der Waals surface area (Å²) in [6.07, 6.45) is 0.519. The van der Waals surface area contributed by atoms with Crippen molar-refractivity contribution in [2.75, 3.05) is 0 Å². The van der Waals surface area contributed by atoms with Crippen molar-refractivity contribution in [1.29, 1.82) is 0 Å². The third-order valence-electron chi connectivity index (χ3n) is 2.50. The van der Waals surface area contributed by atoms with E-state index >= 15 is 0 Å². The van der Waals surface area contributed by atoms with E-state index in [9.17, 15) is 10.1 Å². The second-order valence-electron chi connectivity index (χ2n) is 3.71. The first-order valence-corrected chi connectivity index (χ1v) is 4.71. The lowest BCUT2D eigenvalue weighted by Gasteiger charge is -2.10. The summed E-state index contributed by atoms with van der Waals surface area (Å²) in [6.45, 7) is 5.63. The molecule has 0 radical (unpaired) electrons. The first kappa shape index (κ1) is 10.7. The van der Waals surface area contributed by atoms with Gasteiger partial charge < -0.3 is 0 Å². The summed E-state index contributed by atoms with van der Waals surface area (Å²) < 4.78 is 0. The summed E-state index contributed by atoms with van der Waals surface area (Å²) in [5.41, 5.74) is 3.38. The Morgan fingerprint density at radius 2 is 1.86 bits per heavy atom. The van der Waals surface area contributed by atoms with Crippen molar-refractivity contribution in [2.45, 2.75) is 33.2 Å². The molecule has 0 amide bonds. The van der Waals surface area contributed by atoms with Gasteiger partial charge in [0.15, 0.2) is 0 Å². The summed E-state index contributed by atoms with van der Waals surface area (Å²) in [5.74, 6) is 0. The minimum Gasteiger partial charge on any atom is -0.264 e. The van der Waals surface area contributed by atoms with Crippen LogP contribution in [0.5, 0.6) is 0 Å². The molecule has 0 aliphatic rings. The van der Waals surface area contributed by atoms with Crippen LogP contribution >= 0.6 is 0 Å². The van der Waals surface area contributed by atoms with E-state index in [1.54, 1.807) is 6.92 Å². The normalized spacial score (nSPS) is 12.5. The molecule has 1 atom stereocenters. The molecule has 3 heteroatoms. The van der Waals surface area contributed by atoms with Crippen LogP contribution in [0.25, 0.3) is 0 Å². The van der Waals surface area contributed by atoms with E-state index in [1.807, 2.05) is 32.0 Å². The fourth-order valence-electron chi connectivity index (χ4n) is 1.54. The number of hydrogen-bond acceptors (Lipinski definition) is 2.